The Morgan fingerprint density at radius 3 is 2.35 bits per heavy atom. The van der Waals surface area contributed by atoms with Gasteiger partial charge in [-0.3, -0.25) is 0 Å². The predicted molar refractivity (Wildman–Crippen MR) is 105 cm³/mol. The van der Waals surface area contributed by atoms with Crippen molar-refractivity contribution in [3.63, 3.8) is 0 Å². The topological polar surface area (TPSA) is 72.5 Å². The molecular weight excluding hydrogens is 326 g/mol. The van der Waals surface area contributed by atoms with Crippen LogP contribution in [-0.2, 0) is 15.1 Å². The summed E-state index contributed by atoms with van der Waals surface area (Å²) in [7, 11) is 0. The fourth-order valence-electron chi connectivity index (χ4n) is 4.04. The molecule has 0 radical (unpaired) electrons. The molecule has 1 aliphatic rings. The summed E-state index contributed by atoms with van der Waals surface area (Å²) in [4.78, 5) is 12.9. The second-order valence-corrected chi connectivity index (χ2v) is 7.78. The lowest BCUT2D eigenvalue weighted by molar-refractivity contribution is -0.175. The highest BCUT2D eigenvalue weighted by molar-refractivity contribution is 5.81. The van der Waals surface area contributed by atoms with E-state index >= 15 is 0 Å². The number of aliphatic hydroxyl groups is 1. The summed E-state index contributed by atoms with van der Waals surface area (Å²) in [5.74, 6) is -0.586. The van der Waals surface area contributed by atoms with Crippen molar-refractivity contribution >= 4 is 5.97 Å². The Balaban J connectivity index is 2.04. The van der Waals surface area contributed by atoms with Gasteiger partial charge in [-0.15, -0.1) is 0 Å². The molecule has 4 nitrogen and oxygen atoms in total. The molecule has 2 rings (SSSR count). The molecule has 26 heavy (non-hydrogen) atoms. The molecule has 0 aromatic heterocycles. The van der Waals surface area contributed by atoms with Crippen LogP contribution in [0.4, 0.5) is 0 Å². The van der Waals surface area contributed by atoms with Gasteiger partial charge in [-0.2, -0.15) is 0 Å². The Morgan fingerprint density at radius 2 is 1.77 bits per heavy atom. The minimum atomic E-state index is -1.54. The highest BCUT2D eigenvalue weighted by Gasteiger charge is 2.47. The number of esters is 1. The highest BCUT2D eigenvalue weighted by Crippen LogP contribution is 2.40. The first-order valence-electron chi connectivity index (χ1n) is 10.2. The Bertz CT molecular complexity index is 550. The van der Waals surface area contributed by atoms with Crippen LogP contribution in [0.15, 0.2) is 30.3 Å². The first-order chi connectivity index (χ1) is 12.5. The lowest BCUT2D eigenvalue weighted by Gasteiger charge is -2.36. The van der Waals surface area contributed by atoms with Crippen LogP contribution in [-0.4, -0.2) is 23.2 Å². The SMILES string of the molecule is CCC(N)(CC)CCCOC(=O)C(O)(c1ccccc1)C1CCCCC1. The number of hydrogen-bond acceptors (Lipinski definition) is 4. The third kappa shape index (κ3) is 4.86. The molecule has 1 saturated carbocycles. The molecule has 1 aromatic carbocycles. The first-order valence-corrected chi connectivity index (χ1v) is 10.2. The van der Waals surface area contributed by atoms with Crippen LogP contribution in [0.1, 0.15) is 77.2 Å². The van der Waals surface area contributed by atoms with E-state index in [1.54, 1.807) is 0 Å². The minimum Gasteiger partial charge on any atom is -0.463 e. The largest absolute Gasteiger partial charge is 0.463 e. The maximum atomic E-state index is 12.9. The first kappa shape index (κ1) is 20.9. The van der Waals surface area contributed by atoms with Gasteiger partial charge in [-0.1, -0.05) is 63.4 Å². The second kappa shape index (κ2) is 9.52. The van der Waals surface area contributed by atoms with Crippen LogP contribution in [0.2, 0.25) is 0 Å². The fourth-order valence-corrected chi connectivity index (χ4v) is 4.04. The zero-order valence-electron chi connectivity index (χ0n) is 16.4. The number of hydrogen-bond donors (Lipinski definition) is 2. The monoisotopic (exact) mass is 361 g/mol. The standard InChI is InChI=1S/C22H35NO3/c1-3-21(23,4-2)16-11-17-26-20(24)22(25,18-12-7-5-8-13-18)19-14-9-6-10-15-19/h5,7-8,12-13,19,25H,3-4,6,9-11,14-17,23H2,1-2H3. The van der Waals surface area contributed by atoms with Gasteiger partial charge in [0.25, 0.3) is 0 Å². The molecule has 1 atom stereocenters. The Kier molecular flexibility index (Phi) is 7.66. The molecule has 4 heteroatoms. The molecule has 0 amide bonds. The molecule has 0 heterocycles. The summed E-state index contributed by atoms with van der Waals surface area (Å²) in [6.45, 7) is 4.49. The molecule has 0 spiro atoms. The van der Waals surface area contributed by atoms with Gasteiger partial charge in [-0.25, -0.2) is 4.79 Å². The predicted octanol–water partition coefficient (Wildman–Crippen LogP) is 4.30. The van der Waals surface area contributed by atoms with Gasteiger partial charge in [0, 0.05) is 11.5 Å². The Morgan fingerprint density at radius 1 is 1.15 bits per heavy atom. The molecule has 146 valence electrons. The minimum absolute atomic E-state index is 0.0777. The van der Waals surface area contributed by atoms with E-state index in [4.69, 9.17) is 10.5 Å². The molecule has 1 fully saturated rings. The average Bonchev–Trinajstić information content (AvgIpc) is 2.71. The van der Waals surface area contributed by atoms with E-state index in [1.807, 2.05) is 30.3 Å². The quantitative estimate of drug-likeness (QED) is 0.508. The fraction of sp³-hybridized carbons (Fsp3) is 0.682. The van der Waals surface area contributed by atoms with E-state index in [2.05, 4.69) is 13.8 Å². The van der Waals surface area contributed by atoms with Crippen molar-refractivity contribution in [2.75, 3.05) is 6.61 Å². The lowest BCUT2D eigenvalue weighted by Crippen LogP contribution is -2.45. The Labute approximate surface area is 158 Å². The van der Waals surface area contributed by atoms with Crippen molar-refractivity contribution in [1.82, 2.24) is 0 Å². The van der Waals surface area contributed by atoms with Gasteiger partial charge in [-0.05, 0) is 44.1 Å². The number of nitrogens with two attached hydrogens (primary N) is 1. The molecule has 1 unspecified atom stereocenters. The van der Waals surface area contributed by atoms with Crippen molar-refractivity contribution < 1.29 is 14.6 Å². The zero-order valence-corrected chi connectivity index (χ0v) is 16.4. The summed E-state index contributed by atoms with van der Waals surface area (Å²) < 4.78 is 5.55. The van der Waals surface area contributed by atoms with Crippen LogP contribution < -0.4 is 5.73 Å². The maximum Gasteiger partial charge on any atom is 0.343 e. The number of benzene rings is 1. The average molecular weight is 362 g/mol. The number of ether oxygens (including phenoxy) is 1. The van der Waals surface area contributed by atoms with E-state index < -0.39 is 11.6 Å². The number of carbonyl (C=O) groups excluding carboxylic acids is 1. The summed E-state index contributed by atoms with van der Waals surface area (Å²) in [6.07, 6.45) is 8.35. The third-order valence-corrected chi connectivity index (χ3v) is 6.18. The maximum absolute atomic E-state index is 12.9. The van der Waals surface area contributed by atoms with Gasteiger partial charge >= 0.3 is 5.97 Å². The molecule has 1 aliphatic carbocycles. The normalized spacial score (nSPS) is 18.3. The lowest BCUT2D eigenvalue weighted by atomic mass is 9.73. The van der Waals surface area contributed by atoms with Crippen molar-refractivity contribution in [2.45, 2.75) is 82.8 Å². The van der Waals surface area contributed by atoms with Gasteiger partial charge in [0.1, 0.15) is 0 Å². The van der Waals surface area contributed by atoms with E-state index in [9.17, 15) is 9.90 Å². The summed E-state index contributed by atoms with van der Waals surface area (Å²) in [6, 6.07) is 9.28. The van der Waals surface area contributed by atoms with Crippen LogP contribution in [0.25, 0.3) is 0 Å². The van der Waals surface area contributed by atoms with Gasteiger partial charge < -0.3 is 15.6 Å². The number of rotatable bonds is 9. The van der Waals surface area contributed by atoms with E-state index in [0.29, 0.717) is 12.2 Å². The van der Waals surface area contributed by atoms with Crippen molar-refractivity contribution in [2.24, 2.45) is 11.7 Å². The summed E-state index contributed by atoms with van der Waals surface area (Å²) in [5.41, 5.74) is 5.23. The van der Waals surface area contributed by atoms with Crippen molar-refractivity contribution in [3.05, 3.63) is 35.9 Å². The molecule has 3 N–H and O–H groups in total. The third-order valence-electron chi connectivity index (χ3n) is 6.18. The zero-order chi connectivity index (χ0) is 19.0. The summed E-state index contributed by atoms with van der Waals surface area (Å²) in [5, 5.41) is 11.4. The van der Waals surface area contributed by atoms with E-state index in [1.165, 1.54) is 6.42 Å². The Hall–Kier alpha value is -1.39. The molecule has 1 aromatic rings. The molecule has 0 aliphatic heterocycles. The van der Waals surface area contributed by atoms with Crippen LogP contribution >= 0.6 is 0 Å². The van der Waals surface area contributed by atoms with E-state index in [0.717, 1.165) is 51.4 Å². The summed E-state index contributed by atoms with van der Waals surface area (Å²) >= 11 is 0. The molecule has 0 saturated heterocycles. The van der Waals surface area contributed by atoms with Gasteiger partial charge in [0.2, 0.25) is 0 Å². The highest BCUT2D eigenvalue weighted by atomic mass is 16.5. The van der Waals surface area contributed by atoms with Crippen LogP contribution in [0.5, 0.6) is 0 Å². The van der Waals surface area contributed by atoms with Gasteiger partial charge in [0.15, 0.2) is 5.60 Å². The smallest absolute Gasteiger partial charge is 0.343 e. The number of carbonyl (C=O) groups is 1. The molecule has 0 bridgehead atoms. The van der Waals surface area contributed by atoms with Crippen LogP contribution in [0.3, 0.4) is 0 Å². The van der Waals surface area contributed by atoms with Crippen molar-refractivity contribution in [3.8, 4) is 0 Å². The molecular formula is C22H35NO3. The van der Waals surface area contributed by atoms with E-state index in [-0.39, 0.29) is 11.5 Å². The van der Waals surface area contributed by atoms with Gasteiger partial charge in [0.05, 0.1) is 6.61 Å². The van der Waals surface area contributed by atoms with Crippen molar-refractivity contribution in [1.29, 1.82) is 0 Å². The van der Waals surface area contributed by atoms with Crippen LogP contribution in [0, 0.1) is 5.92 Å². The second-order valence-electron chi connectivity index (χ2n) is 7.78.